The molecule has 1 heterocycles. The molecule has 0 radical (unpaired) electrons. The molecular formula is C16H23N3O4S. The Labute approximate surface area is 142 Å². The summed E-state index contributed by atoms with van der Waals surface area (Å²) < 4.78 is 24.4. The Morgan fingerprint density at radius 2 is 1.92 bits per heavy atom. The van der Waals surface area contributed by atoms with Gasteiger partial charge < -0.3 is 9.80 Å². The smallest absolute Gasteiger partial charge is 0.246 e. The first kappa shape index (κ1) is 18.4. The van der Waals surface area contributed by atoms with Crippen molar-refractivity contribution in [1.82, 2.24) is 9.62 Å². The van der Waals surface area contributed by atoms with Gasteiger partial charge in [-0.2, -0.15) is 0 Å². The lowest BCUT2D eigenvalue weighted by Crippen LogP contribution is -2.57. The van der Waals surface area contributed by atoms with Crippen LogP contribution in [0.15, 0.2) is 24.3 Å². The molecule has 7 nitrogen and oxygen atoms in total. The Hall–Kier alpha value is -1.93. The van der Waals surface area contributed by atoms with Crippen molar-refractivity contribution in [2.45, 2.75) is 26.3 Å². The number of carbonyl (C=O) groups is 2. The number of benzene rings is 1. The molecule has 1 aromatic carbocycles. The third-order valence-corrected chi connectivity index (χ3v) is 4.68. The molecule has 24 heavy (non-hydrogen) atoms. The van der Waals surface area contributed by atoms with Gasteiger partial charge in [0.25, 0.3) is 0 Å². The van der Waals surface area contributed by atoms with Crippen molar-refractivity contribution in [3.8, 4) is 0 Å². The Kier molecular flexibility index (Phi) is 5.61. The molecule has 1 aromatic rings. The number of carbonyl (C=O) groups excluding carboxylic acids is 2. The van der Waals surface area contributed by atoms with Gasteiger partial charge in [0.15, 0.2) is 0 Å². The number of hydrogen-bond acceptors (Lipinski definition) is 4. The van der Waals surface area contributed by atoms with E-state index in [0.29, 0.717) is 6.54 Å². The molecule has 1 atom stereocenters. The van der Waals surface area contributed by atoms with E-state index in [0.717, 1.165) is 17.5 Å². The number of nitrogens with one attached hydrogen (secondary N) is 1. The second-order valence-electron chi connectivity index (χ2n) is 6.13. The van der Waals surface area contributed by atoms with Gasteiger partial charge in [0.2, 0.25) is 21.8 Å². The molecule has 1 saturated heterocycles. The van der Waals surface area contributed by atoms with E-state index >= 15 is 0 Å². The zero-order chi connectivity index (χ0) is 17.9. The topological polar surface area (TPSA) is 86.8 Å². The van der Waals surface area contributed by atoms with Crippen LogP contribution < -0.4 is 9.62 Å². The van der Waals surface area contributed by atoms with Gasteiger partial charge in [0, 0.05) is 31.2 Å². The molecule has 1 N–H and O–H groups in total. The van der Waals surface area contributed by atoms with Crippen LogP contribution >= 0.6 is 0 Å². The second kappa shape index (κ2) is 7.31. The molecule has 2 amide bonds. The van der Waals surface area contributed by atoms with Gasteiger partial charge in [-0.3, -0.25) is 9.59 Å². The largest absolute Gasteiger partial charge is 0.329 e. The van der Waals surface area contributed by atoms with Crippen molar-refractivity contribution in [2.24, 2.45) is 0 Å². The van der Waals surface area contributed by atoms with Crippen LogP contribution in [-0.4, -0.2) is 57.1 Å². The van der Waals surface area contributed by atoms with Gasteiger partial charge in [-0.05, 0) is 26.0 Å². The molecule has 1 fully saturated rings. The lowest BCUT2D eigenvalue weighted by Gasteiger charge is -2.39. The SMILES string of the molecule is Cc1ccc(N2C[C@@H](C)N(C(=O)CCNS(C)(=O)=O)CC2=O)cc1. The van der Waals surface area contributed by atoms with Crippen molar-refractivity contribution in [3.63, 3.8) is 0 Å². The van der Waals surface area contributed by atoms with Crippen molar-refractivity contribution in [3.05, 3.63) is 29.8 Å². The lowest BCUT2D eigenvalue weighted by molar-refractivity contribution is -0.139. The fourth-order valence-corrected chi connectivity index (χ4v) is 3.12. The molecule has 8 heteroatoms. The number of piperazine rings is 1. The summed E-state index contributed by atoms with van der Waals surface area (Å²) in [7, 11) is -3.32. The minimum Gasteiger partial charge on any atom is -0.329 e. The Morgan fingerprint density at radius 3 is 2.50 bits per heavy atom. The van der Waals surface area contributed by atoms with Crippen LogP contribution in [0.2, 0.25) is 0 Å². The van der Waals surface area contributed by atoms with E-state index in [1.54, 1.807) is 4.90 Å². The summed E-state index contributed by atoms with van der Waals surface area (Å²) in [5, 5.41) is 0. The highest BCUT2D eigenvalue weighted by molar-refractivity contribution is 7.88. The molecule has 0 aliphatic carbocycles. The molecule has 2 rings (SSSR count). The van der Waals surface area contributed by atoms with E-state index in [2.05, 4.69) is 4.72 Å². The fourth-order valence-electron chi connectivity index (χ4n) is 2.65. The highest BCUT2D eigenvalue weighted by atomic mass is 32.2. The van der Waals surface area contributed by atoms with Gasteiger partial charge in [0.1, 0.15) is 6.54 Å². The number of sulfonamides is 1. The maximum absolute atomic E-state index is 12.4. The van der Waals surface area contributed by atoms with Gasteiger partial charge in [-0.25, -0.2) is 13.1 Å². The van der Waals surface area contributed by atoms with E-state index < -0.39 is 10.0 Å². The summed E-state index contributed by atoms with van der Waals surface area (Å²) >= 11 is 0. The fraction of sp³-hybridized carbons (Fsp3) is 0.500. The highest BCUT2D eigenvalue weighted by Gasteiger charge is 2.32. The summed E-state index contributed by atoms with van der Waals surface area (Å²) in [4.78, 5) is 27.8. The molecule has 0 aromatic heterocycles. The maximum Gasteiger partial charge on any atom is 0.246 e. The van der Waals surface area contributed by atoms with E-state index in [9.17, 15) is 18.0 Å². The van der Waals surface area contributed by atoms with Crippen LogP contribution in [0.4, 0.5) is 5.69 Å². The maximum atomic E-state index is 12.4. The minimum atomic E-state index is -3.32. The monoisotopic (exact) mass is 353 g/mol. The summed E-state index contributed by atoms with van der Waals surface area (Å²) in [5.74, 6) is -0.364. The van der Waals surface area contributed by atoms with E-state index in [-0.39, 0.29) is 37.4 Å². The van der Waals surface area contributed by atoms with Crippen molar-refractivity contribution in [1.29, 1.82) is 0 Å². The Balaban J connectivity index is 1.98. The first-order valence-corrected chi connectivity index (χ1v) is 9.67. The van der Waals surface area contributed by atoms with Gasteiger partial charge in [-0.15, -0.1) is 0 Å². The average molecular weight is 353 g/mol. The molecule has 0 bridgehead atoms. The van der Waals surface area contributed by atoms with Crippen LogP contribution in [-0.2, 0) is 19.6 Å². The number of aryl methyl sites for hydroxylation is 1. The Morgan fingerprint density at radius 1 is 1.29 bits per heavy atom. The predicted molar refractivity (Wildman–Crippen MR) is 92.2 cm³/mol. The highest BCUT2D eigenvalue weighted by Crippen LogP contribution is 2.21. The molecule has 0 unspecified atom stereocenters. The van der Waals surface area contributed by atoms with Crippen LogP contribution in [0.5, 0.6) is 0 Å². The predicted octanol–water partition coefficient (Wildman–Crippen LogP) is 0.498. The van der Waals surface area contributed by atoms with Crippen LogP contribution in [0.1, 0.15) is 18.9 Å². The van der Waals surface area contributed by atoms with Gasteiger partial charge in [-0.1, -0.05) is 17.7 Å². The minimum absolute atomic E-state index is 0.00670. The zero-order valence-corrected chi connectivity index (χ0v) is 15.0. The third-order valence-electron chi connectivity index (χ3n) is 3.95. The number of hydrogen-bond donors (Lipinski definition) is 1. The third kappa shape index (κ3) is 4.78. The van der Waals surface area contributed by atoms with E-state index in [4.69, 9.17) is 0 Å². The van der Waals surface area contributed by atoms with Crippen LogP contribution in [0.3, 0.4) is 0 Å². The summed E-state index contributed by atoms with van der Waals surface area (Å²) in [6, 6.07) is 7.55. The number of anilines is 1. The normalized spacial score (nSPS) is 18.8. The van der Waals surface area contributed by atoms with E-state index in [1.807, 2.05) is 38.1 Å². The average Bonchev–Trinajstić information content (AvgIpc) is 2.48. The summed E-state index contributed by atoms with van der Waals surface area (Å²) in [5.41, 5.74) is 1.94. The second-order valence-corrected chi connectivity index (χ2v) is 7.96. The standard InChI is InChI=1S/C16H23N3O4S/c1-12-4-6-14(7-5-12)19-10-13(2)18(11-16(19)21)15(20)8-9-17-24(3,22)23/h4-7,13,17H,8-11H2,1-3H3/t13-/m1/s1. The molecular weight excluding hydrogens is 330 g/mol. The van der Waals surface area contributed by atoms with Gasteiger partial charge in [0.05, 0.1) is 6.26 Å². The molecule has 0 saturated carbocycles. The van der Waals surface area contributed by atoms with Crippen LogP contribution in [0.25, 0.3) is 0 Å². The first-order chi connectivity index (χ1) is 11.2. The van der Waals surface area contributed by atoms with E-state index in [1.165, 1.54) is 4.90 Å². The van der Waals surface area contributed by atoms with Gasteiger partial charge >= 0.3 is 0 Å². The molecule has 0 spiro atoms. The summed E-state index contributed by atoms with van der Waals surface area (Å²) in [6.45, 7) is 4.33. The zero-order valence-electron chi connectivity index (χ0n) is 14.2. The molecule has 1 aliphatic heterocycles. The first-order valence-electron chi connectivity index (χ1n) is 7.78. The number of amides is 2. The quantitative estimate of drug-likeness (QED) is 0.835. The van der Waals surface area contributed by atoms with Crippen molar-refractivity contribution in [2.75, 3.05) is 30.8 Å². The Bertz CT molecular complexity index is 715. The summed E-state index contributed by atoms with van der Waals surface area (Å²) in [6.07, 6.45) is 1.08. The lowest BCUT2D eigenvalue weighted by atomic mass is 10.1. The van der Waals surface area contributed by atoms with Crippen molar-refractivity contribution < 1.29 is 18.0 Å². The molecule has 1 aliphatic rings. The van der Waals surface area contributed by atoms with Crippen molar-refractivity contribution >= 4 is 27.5 Å². The number of rotatable bonds is 5. The number of nitrogens with zero attached hydrogens (tertiary/aromatic N) is 2. The molecule has 132 valence electrons. The van der Waals surface area contributed by atoms with Crippen LogP contribution in [0, 0.1) is 6.92 Å².